The van der Waals surface area contributed by atoms with Crippen LogP contribution in [0.3, 0.4) is 0 Å². The summed E-state index contributed by atoms with van der Waals surface area (Å²) in [4.78, 5) is 35.5. The molecule has 1 aliphatic carbocycles. The molecule has 19 heteroatoms. The molecule has 1 saturated heterocycles. The van der Waals surface area contributed by atoms with Crippen LogP contribution in [0.1, 0.15) is 89.9 Å². The van der Waals surface area contributed by atoms with E-state index >= 15 is 0 Å². The highest BCUT2D eigenvalue weighted by Gasteiger charge is 2.34. The summed E-state index contributed by atoms with van der Waals surface area (Å²) in [5.41, 5.74) is 6.11. The summed E-state index contributed by atoms with van der Waals surface area (Å²) in [5, 5.41) is 25.2. The van der Waals surface area contributed by atoms with Crippen molar-refractivity contribution in [1.82, 2.24) is 34.9 Å². The lowest BCUT2D eigenvalue weighted by atomic mass is 9.86. The van der Waals surface area contributed by atoms with Crippen LogP contribution in [0.25, 0.3) is 15.9 Å². The van der Waals surface area contributed by atoms with E-state index in [0.717, 1.165) is 88.4 Å². The molecule has 384 valence electrons. The van der Waals surface area contributed by atoms with Gasteiger partial charge >= 0.3 is 6.18 Å². The Morgan fingerprint density at radius 1 is 0.904 bits per heavy atom. The Hall–Kier alpha value is -5.92. The number of hydrogen-bond donors (Lipinski definition) is 4. The van der Waals surface area contributed by atoms with Crippen LogP contribution in [0, 0.1) is 38.5 Å². The number of thiophene rings is 1. The zero-order chi connectivity index (χ0) is 51.6. The van der Waals surface area contributed by atoms with Gasteiger partial charge in [0.05, 0.1) is 36.4 Å². The third-order valence-electron chi connectivity index (χ3n) is 14.2. The van der Waals surface area contributed by atoms with E-state index in [2.05, 4.69) is 62.1 Å². The minimum Gasteiger partial charge on any atom is -0.382 e. The number of piperidine rings is 1. The molecule has 2 amide bonds. The van der Waals surface area contributed by atoms with E-state index < -0.39 is 25.9 Å². The highest BCUT2D eigenvalue weighted by Crippen LogP contribution is 2.40. The van der Waals surface area contributed by atoms with E-state index in [-0.39, 0.29) is 42.6 Å². The molecule has 3 aliphatic rings. The lowest BCUT2D eigenvalue weighted by Crippen LogP contribution is -2.47. The predicted octanol–water partition coefficient (Wildman–Crippen LogP) is 9.79. The molecule has 2 fully saturated rings. The van der Waals surface area contributed by atoms with Gasteiger partial charge in [0.2, 0.25) is 11.8 Å². The van der Waals surface area contributed by atoms with Gasteiger partial charge in [-0.15, -0.1) is 21.5 Å². The van der Waals surface area contributed by atoms with Gasteiger partial charge in [0.25, 0.3) is 0 Å². The number of aryl methyl sites for hydroxylation is 2. The third-order valence-corrected chi connectivity index (χ3v) is 17.2. The molecule has 73 heavy (non-hydrogen) atoms. The van der Waals surface area contributed by atoms with Crippen LogP contribution in [0.15, 0.2) is 77.8 Å². The van der Waals surface area contributed by atoms with Crippen molar-refractivity contribution in [3.63, 3.8) is 0 Å². The molecule has 2 aliphatic heterocycles. The van der Waals surface area contributed by atoms with E-state index in [1.54, 1.807) is 55.0 Å². The van der Waals surface area contributed by atoms with Gasteiger partial charge in [-0.25, -0.2) is 0 Å². The van der Waals surface area contributed by atoms with Gasteiger partial charge in [-0.2, -0.15) is 13.2 Å². The number of halogens is 4. The number of alkyl halides is 3. The number of fused-ring (bicyclic) bond motifs is 4. The van der Waals surface area contributed by atoms with E-state index in [4.69, 9.17) is 16.6 Å². The van der Waals surface area contributed by atoms with Gasteiger partial charge in [0.15, 0.2) is 5.82 Å². The maximum atomic E-state index is 13.9. The quantitative estimate of drug-likeness (QED) is 0.0623. The molecule has 6 aromatic rings. The number of rotatable bonds is 14. The normalized spacial score (nSPS) is 18.5. The summed E-state index contributed by atoms with van der Waals surface area (Å²) in [6.07, 6.45) is 0.636. The molecule has 0 unspecified atom stereocenters. The number of nitrogens with one attached hydrogen (secondary N) is 4. The number of hydrogen-bond acceptors (Lipinski definition) is 10. The molecule has 0 bridgehead atoms. The highest BCUT2D eigenvalue weighted by molar-refractivity contribution is 7.70. The molecule has 0 radical (unpaired) electrons. The zero-order valence-corrected chi connectivity index (χ0v) is 44.2. The number of nitrogens with zero attached hydrogens (tertiary/aromatic N) is 6. The number of carbonyl (C=O) groups excluding carboxylic acids is 2. The Balaban J connectivity index is 0.736. The van der Waals surface area contributed by atoms with Crippen molar-refractivity contribution in [2.24, 2.45) is 10.9 Å². The molecule has 9 rings (SSSR count). The topological polar surface area (TPSA) is 151 Å². The first-order valence-electron chi connectivity index (χ1n) is 24.9. The molecular formula is C54H61ClF3N10O3PS. The molecule has 13 nitrogen and oxygen atoms in total. The summed E-state index contributed by atoms with van der Waals surface area (Å²) in [6.45, 7) is 10.8. The Morgan fingerprint density at radius 3 is 2.33 bits per heavy atom. The molecule has 3 aromatic carbocycles. The highest BCUT2D eigenvalue weighted by atomic mass is 35.5. The predicted molar refractivity (Wildman–Crippen MR) is 287 cm³/mol. The first-order valence-corrected chi connectivity index (χ1v) is 28.6. The third kappa shape index (κ3) is 12.4. The lowest BCUT2D eigenvalue weighted by molar-refractivity contribution is -0.140. The molecule has 5 heterocycles. The summed E-state index contributed by atoms with van der Waals surface area (Å²) in [5.74, 6) is 7.50. The summed E-state index contributed by atoms with van der Waals surface area (Å²) in [6, 6.07) is 21.5. The SMILES string of the molecule is Cc1sc2c(c1C)C(c1ccc(Cl)cc1)=N[C@@H](CC(=O)NCC1CCC(NC(=O)CN3CCC(Nc4cccc5c4cc(C#CCNc4ccc(P(C)(C)=O)cc4)n5CC(F)(F)F)CC3)CC1)c1nnc(C)n1-2. The lowest BCUT2D eigenvalue weighted by Gasteiger charge is -2.33. The smallest absolute Gasteiger partial charge is 0.382 e. The average molecular weight is 1050 g/mol. The second kappa shape index (κ2) is 21.9. The number of aromatic nitrogens is 4. The van der Waals surface area contributed by atoms with Gasteiger partial charge in [0.1, 0.15) is 30.6 Å². The second-order valence-corrected chi connectivity index (χ2v) is 24.8. The van der Waals surface area contributed by atoms with Gasteiger partial charge in [-0.1, -0.05) is 35.7 Å². The standard InChI is InChI=1S/C54H61ClF3N10O3PS/c1-33-34(2)73-53-50(33)51(37-13-15-38(55)16-14-37)63-46(52-65-64-35(3)68(52)53)29-48(69)60-30-36-11-17-40(18-12-36)62-49(70)31-66-26-23-41(24-27-66)61-45-9-6-10-47-44(45)28-42(67(47)32-54(56,57)58)8-7-25-59-39-19-21-43(22-20-39)72(4,5)71/h6,9-10,13-16,19-22,28,36,40-41,46,59,61H,11-12,17-18,23-27,29-32H2,1-5H3,(H,60,69)(H,62,70)/t36?,40?,46-/m0/s1. The first-order chi connectivity index (χ1) is 34.9. The van der Waals surface area contributed by atoms with E-state index in [9.17, 15) is 27.3 Å². The number of amides is 2. The van der Waals surface area contributed by atoms with Crippen molar-refractivity contribution < 1.29 is 27.3 Å². The van der Waals surface area contributed by atoms with E-state index in [1.807, 2.05) is 54.0 Å². The summed E-state index contributed by atoms with van der Waals surface area (Å²) in [7, 11) is -2.39. The van der Waals surface area contributed by atoms with E-state index in [1.165, 1.54) is 9.44 Å². The van der Waals surface area contributed by atoms with Gasteiger partial charge in [-0.05, 0) is 145 Å². The van der Waals surface area contributed by atoms with Gasteiger partial charge in [-0.3, -0.25) is 24.0 Å². The molecular weight excluding hydrogens is 992 g/mol. The van der Waals surface area contributed by atoms with Crippen molar-refractivity contribution in [2.75, 3.05) is 56.7 Å². The number of benzene rings is 3. The monoisotopic (exact) mass is 1050 g/mol. The fourth-order valence-corrected chi connectivity index (χ4v) is 12.4. The Morgan fingerprint density at radius 2 is 1.63 bits per heavy atom. The molecule has 1 atom stereocenters. The van der Waals surface area contributed by atoms with Crippen LogP contribution in [0.5, 0.6) is 0 Å². The molecule has 0 spiro atoms. The Labute approximate surface area is 433 Å². The number of carbonyl (C=O) groups is 2. The van der Waals surface area contributed by atoms with Gasteiger partial charge < -0.3 is 30.4 Å². The second-order valence-electron chi connectivity index (χ2n) is 19.9. The molecule has 1 saturated carbocycles. The Bertz CT molecular complexity index is 3130. The van der Waals surface area contributed by atoms with Crippen molar-refractivity contribution in [1.29, 1.82) is 0 Å². The van der Waals surface area contributed by atoms with E-state index in [0.29, 0.717) is 53.8 Å². The Kier molecular flexibility index (Phi) is 15.6. The van der Waals surface area contributed by atoms with Gasteiger partial charge in [0, 0.05) is 74.8 Å². The van der Waals surface area contributed by atoms with Crippen molar-refractivity contribution in [3.8, 4) is 16.8 Å². The summed E-state index contributed by atoms with van der Waals surface area (Å²) < 4.78 is 57.3. The van der Waals surface area contributed by atoms with Crippen LogP contribution in [-0.2, 0) is 20.7 Å². The van der Waals surface area contributed by atoms with Crippen molar-refractivity contribution >= 4 is 75.2 Å². The zero-order valence-electron chi connectivity index (χ0n) is 41.7. The minimum atomic E-state index is -4.45. The first kappa shape index (κ1) is 52.0. The fraction of sp³-hybridized carbons (Fsp3) is 0.426. The number of likely N-dealkylation sites (tertiary alicyclic amines) is 1. The number of anilines is 2. The number of aliphatic imine (C=N–C) groups is 1. The van der Waals surface area contributed by atoms with Crippen LogP contribution < -0.4 is 26.6 Å². The van der Waals surface area contributed by atoms with Crippen molar-refractivity contribution in [2.45, 2.75) is 96.6 Å². The molecule has 3 aromatic heterocycles. The minimum absolute atomic E-state index is 0.00473. The largest absolute Gasteiger partial charge is 0.406 e. The summed E-state index contributed by atoms with van der Waals surface area (Å²) >= 11 is 7.94. The molecule has 4 N–H and O–H groups in total. The van der Waals surface area contributed by atoms with Crippen LogP contribution >= 0.6 is 30.1 Å². The van der Waals surface area contributed by atoms with Crippen LogP contribution in [0.2, 0.25) is 5.02 Å². The fourth-order valence-electron chi connectivity index (χ4n) is 10.2. The maximum absolute atomic E-state index is 13.9. The van der Waals surface area contributed by atoms with Crippen molar-refractivity contribution in [3.05, 3.63) is 117 Å². The maximum Gasteiger partial charge on any atom is 0.406 e. The van der Waals surface area contributed by atoms with Crippen LogP contribution in [-0.4, -0.2) is 106 Å². The average Bonchev–Trinajstić information content (AvgIpc) is 3.97. The van der Waals surface area contributed by atoms with Crippen LogP contribution in [0.4, 0.5) is 24.5 Å².